The van der Waals surface area contributed by atoms with Crippen molar-refractivity contribution in [2.24, 2.45) is 5.92 Å². The lowest BCUT2D eigenvalue weighted by Crippen LogP contribution is -2.41. The molecule has 158 valence electrons. The van der Waals surface area contributed by atoms with Crippen molar-refractivity contribution in [1.29, 1.82) is 0 Å². The van der Waals surface area contributed by atoms with Crippen LogP contribution in [0.3, 0.4) is 0 Å². The molecule has 0 spiro atoms. The van der Waals surface area contributed by atoms with Gasteiger partial charge in [-0.1, -0.05) is 12.1 Å². The first-order valence-corrected chi connectivity index (χ1v) is 11.6. The van der Waals surface area contributed by atoms with Crippen LogP contribution in [0, 0.1) is 5.92 Å². The van der Waals surface area contributed by atoms with Crippen LogP contribution in [0.4, 0.5) is 0 Å². The van der Waals surface area contributed by atoms with Gasteiger partial charge in [0.1, 0.15) is 5.75 Å². The fourth-order valence-electron chi connectivity index (χ4n) is 4.01. The average molecular weight is 431 g/mol. The highest BCUT2D eigenvalue weighted by Gasteiger charge is 2.34. The fourth-order valence-corrected chi connectivity index (χ4v) is 5.74. The van der Waals surface area contributed by atoms with E-state index < -0.39 is 9.84 Å². The lowest BCUT2D eigenvalue weighted by molar-refractivity contribution is -0.134. The maximum absolute atomic E-state index is 13.0. The van der Waals surface area contributed by atoms with Gasteiger partial charge in [-0.15, -0.1) is 12.4 Å². The number of hydrogen-bond donors (Lipinski definition) is 1. The summed E-state index contributed by atoms with van der Waals surface area (Å²) in [6.45, 7) is 2.50. The van der Waals surface area contributed by atoms with E-state index in [1.807, 2.05) is 24.3 Å². The quantitative estimate of drug-likeness (QED) is 0.718. The summed E-state index contributed by atoms with van der Waals surface area (Å²) >= 11 is 0. The van der Waals surface area contributed by atoms with Crippen LogP contribution in [0.1, 0.15) is 37.7 Å². The second kappa shape index (κ2) is 10.5. The summed E-state index contributed by atoms with van der Waals surface area (Å²) in [5, 5.41) is 3.35. The van der Waals surface area contributed by atoms with Gasteiger partial charge in [0, 0.05) is 19.0 Å². The summed E-state index contributed by atoms with van der Waals surface area (Å²) in [5.74, 6) is 1.70. The van der Waals surface area contributed by atoms with Crippen molar-refractivity contribution in [3.05, 3.63) is 29.8 Å². The smallest absolute Gasteiger partial charge is 0.223 e. The summed E-state index contributed by atoms with van der Waals surface area (Å²) in [4.78, 5) is 14.8. The molecule has 28 heavy (non-hydrogen) atoms. The molecular weight excluding hydrogens is 400 g/mol. The standard InChI is InChI=1S/C20H30N2O4S.ClH/c1-26-19-5-2-17(3-6-19)14-22(18-10-13-27(24,25)15-18)20(23)7-4-16-8-11-21-12-9-16;/h2-3,5-6,16,18,21H,4,7-15H2,1H3;1H. The molecule has 0 radical (unpaired) electrons. The molecule has 2 aliphatic heterocycles. The minimum absolute atomic E-state index is 0. The Morgan fingerprint density at radius 3 is 2.43 bits per heavy atom. The maximum atomic E-state index is 13.0. The zero-order valence-corrected chi connectivity index (χ0v) is 18.1. The van der Waals surface area contributed by atoms with Gasteiger partial charge in [0.25, 0.3) is 0 Å². The van der Waals surface area contributed by atoms with E-state index in [0.29, 0.717) is 25.3 Å². The Morgan fingerprint density at radius 2 is 1.86 bits per heavy atom. The number of carbonyl (C=O) groups excluding carboxylic acids is 1. The Morgan fingerprint density at radius 1 is 1.18 bits per heavy atom. The molecular formula is C20H31ClN2O4S. The molecule has 2 fully saturated rings. The number of halogens is 1. The number of hydrogen-bond acceptors (Lipinski definition) is 5. The number of piperidine rings is 1. The maximum Gasteiger partial charge on any atom is 0.223 e. The Hall–Kier alpha value is -1.31. The molecule has 2 aliphatic rings. The van der Waals surface area contributed by atoms with Crippen LogP contribution in [0.15, 0.2) is 24.3 Å². The molecule has 1 aromatic rings. The van der Waals surface area contributed by atoms with E-state index in [1.54, 1.807) is 12.0 Å². The average Bonchev–Trinajstić information content (AvgIpc) is 3.05. The van der Waals surface area contributed by atoms with E-state index in [1.165, 1.54) is 0 Å². The van der Waals surface area contributed by atoms with Gasteiger partial charge in [-0.25, -0.2) is 8.42 Å². The number of nitrogens with zero attached hydrogens (tertiary/aromatic N) is 1. The molecule has 0 aliphatic carbocycles. The minimum Gasteiger partial charge on any atom is -0.497 e. The van der Waals surface area contributed by atoms with E-state index >= 15 is 0 Å². The monoisotopic (exact) mass is 430 g/mol. The van der Waals surface area contributed by atoms with Gasteiger partial charge in [0.15, 0.2) is 9.84 Å². The molecule has 0 aromatic heterocycles. The van der Waals surface area contributed by atoms with Crippen LogP contribution >= 0.6 is 12.4 Å². The van der Waals surface area contributed by atoms with E-state index in [-0.39, 0.29) is 35.9 Å². The molecule has 2 heterocycles. The molecule has 3 rings (SSSR count). The largest absolute Gasteiger partial charge is 0.497 e. The Labute approximate surface area is 174 Å². The number of rotatable bonds is 7. The van der Waals surface area contributed by atoms with E-state index in [0.717, 1.165) is 43.7 Å². The first kappa shape index (κ1) is 23.0. The Bertz CT molecular complexity index is 733. The topological polar surface area (TPSA) is 75.7 Å². The number of amides is 1. The normalized spacial score (nSPS) is 21.7. The molecule has 1 aromatic carbocycles. The molecule has 1 unspecified atom stereocenters. The number of ether oxygens (including phenoxy) is 1. The second-order valence-corrected chi connectivity index (χ2v) is 9.89. The number of nitrogens with one attached hydrogen (secondary N) is 1. The molecule has 1 N–H and O–H groups in total. The van der Waals surface area contributed by atoms with Gasteiger partial charge in [-0.3, -0.25) is 4.79 Å². The van der Waals surface area contributed by atoms with Crippen molar-refractivity contribution in [2.75, 3.05) is 31.7 Å². The lowest BCUT2D eigenvalue weighted by atomic mass is 9.93. The van der Waals surface area contributed by atoms with Crippen molar-refractivity contribution in [2.45, 2.75) is 44.7 Å². The van der Waals surface area contributed by atoms with Crippen LogP contribution in [0.2, 0.25) is 0 Å². The second-order valence-electron chi connectivity index (χ2n) is 7.66. The third-order valence-electron chi connectivity index (χ3n) is 5.71. The van der Waals surface area contributed by atoms with Crippen LogP contribution in [-0.4, -0.2) is 57.0 Å². The molecule has 0 saturated carbocycles. The van der Waals surface area contributed by atoms with Gasteiger partial charge in [0.2, 0.25) is 5.91 Å². The summed E-state index contributed by atoms with van der Waals surface area (Å²) in [6, 6.07) is 7.42. The van der Waals surface area contributed by atoms with Crippen LogP contribution in [0.25, 0.3) is 0 Å². The van der Waals surface area contributed by atoms with E-state index in [9.17, 15) is 13.2 Å². The summed E-state index contributed by atoms with van der Waals surface area (Å²) in [6.07, 6.45) is 4.15. The molecule has 6 nitrogen and oxygen atoms in total. The zero-order valence-electron chi connectivity index (χ0n) is 16.4. The number of sulfone groups is 1. The predicted octanol–water partition coefficient (Wildman–Crippen LogP) is 2.41. The first-order valence-electron chi connectivity index (χ1n) is 9.80. The van der Waals surface area contributed by atoms with Crippen LogP contribution < -0.4 is 10.1 Å². The van der Waals surface area contributed by atoms with Crippen molar-refractivity contribution in [3.8, 4) is 5.75 Å². The molecule has 0 bridgehead atoms. The van der Waals surface area contributed by atoms with Gasteiger partial charge in [0.05, 0.1) is 18.6 Å². The van der Waals surface area contributed by atoms with Gasteiger partial charge < -0.3 is 15.0 Å². The van der Waals surface area contributed by atoms with Crippen molar-refractivity contribution >= 4 is 28.2 Å². The van der Waals surface area contributed by atoms with Crippen molar-refractivity contribution in [3.63, 3.8) is 0 Å². The van der Waals surface area contributed by atoms with Crippen LogP contribution in [-0.2, 0) is 21.2 Å². The van der Waals surface area contributed by atoms with Gasteiger partial charge in [-0.05, 0) is 62.4 Å². The summed E-state index contributed by atoms with van der Waals surface area (Å²) < 4.78 is 29.1. The Balaban J connectivity index is 0.00000280. The fraction of sp³-hybridized carbons (Fsp3) is 0.650. The molecule has 2 saturated heterocycles. The molecule has 1 amide bonds. The zero-order chi connectivity index (χ0) is 19.3. The highest BCUT2D eigenvalue weighted by atomic mass is 35.5. The van der Waals surface area contributed by atoms with E-state index in [2.05, 4.69) is 5.32 Å². The summed E-state index contributed by atoms with van der Waals surface area (Å²) in [5.41, 5.74) is 0.996. The van der Waals surface area contributed by atoms with Crippen molar-refractivity contribution < 1.29 is 17.9 Å². The third-order valence-corrected chi connectivity index (χ3v) is 7.46. The number of methoxy groups -OCH3 is 1. The Kier molecular flexibility index (Phi) is 8.58. The van der Waals surface area contributed by atoms with E-state index in [4.69, 9.17) is 4.74 Å². The molecule has 8 heteroatoms. The summed E-state index contributed by atoms with van der Waals surface area (Å²) in [7, 11) is -1.41. The first-order chi connectivity index (χ1) is 13.0. The molecule has 1 atom stereocenters. The lowest BCUT2D eigenvalue weighted by Gasteiger charge is -2.30. The highest BCUT2D eigenvalue weighted by Crippen LogP contribution is 2.24. The predicted molar refractivity (Wildman–Crippen MR) is 113 cm³/mol. The van der Waals surface area contributed by atoms with Gasteiger partial charge in [-0.2, -0.15) is 0 Å². The number of carbonyl (C=O) groups is 1. The number of benzene rings is 1. The third kappa shape index (κ3) is 6.36. The van der Waals surface area contributed by atoms with Crippen LogP contribution in [0.5, 0.6) is 5.75 Å². The SMILES string of the molecule is COc1ccc(CN(C(=O)CCC2CCNCC2)C2CCS(=O)(=O)C2)cc1.Cl. The highest BCUT2D eigenvalue weighted by molar-refractivity contribution is 7.91. The minimum atomic E-state index is -3.03. The van der Waals surface area contributed by atoms with Gasteiger partial charge >= 0.3 is 0 Å². The van der Waals surface area contributed by atoms with Crippen molar-refractivity contribution in [1.82, 2.24) is 10.2 Å².